The summed E-state index contributed by atoms with van der Waals surface area (Å²) in [6, 6.07) is 1.17. The highest BCUT2D eigenvalue weighted by atomic mass is 35.5. The first-order chi connectivity index (χ1) is 5.59. The van der Waals surface area contributed by atoms with Gasteiger partial charge >= 0.3 is 5.97 Å². The van der Waals surface area contributed by atoms with Gasteiger partial charge < -0.3 is 9.63 Å². The number of rotatable bonds is 3. The minimum absolute atomic E-state index is 0.0312. The quantitative estimate of drug-likeness (QED) is 0.566. The third kappa shape index (κ3) is 2.06. The molecule has 0 aromatic carbocycles. The van der Waals surface area contributed by atoms with E-state index in [2.05, 4.69) is 9.68 Å². The Labute approximate surface area is 71.9 Å². The van der Waals surface area contributed by atoms with Crippen molar-refractivity contribution in [1.82, 2.24) is 5.16 Å². The van der Waals surface area contributed by atoms with Crippen molar-refractivity contribution in [2.75, 3.05) is 0 Å². The molecule has 1 rings (SSSR count). The van der Waals surface area contributed by atoms with Crippen molar-refractivity contribution in [2.45, 2.75) is 6.42 Å². The molecule has 0 aliphatic carbocycles. The van der Waals surface area contributed by atoms with E-state index in [1.165, 1.54) is 6.07 Å². The molecule has 1 aromatic heterocycles. The topological polar surface area (TPSA) is 80.4 Å². The molecule has 0 aliphatic rings. The number of carbonyl (C=O) groups is 2. The number of carboxylic acids is 1. The minimum Gasteiger partial charge on any atom is -0.481 e. The van der Waals surface area contributed by atoms with Crippen LogP contribution in [0.5, 0.6) is 0 Å². The summed E-state index contributed by atoms with van der Waals surface area (Å²) in [7, 11) is 0. The molecule has 12 heavy (non-hydrogen) atoms. The van der Waals surface area contributed by atoms with Crippen molar-refractivity contribution in [1.29, 1.82) is 0 Å². The Bertz CT molecular complexity index is 319. The fourth-order valence-corrected chi connectivity index (χ4v) is 0.743. The summed E-state index contributed by atoms with van der Waals surface area (Å²) in [5.74, 6) is -2.00. The van der Waals surface area contributed by atoms with Gasteiger partial charge in [0.1, 0.15) is 6.42 Å². The average Bonchev–Trinajstić information content (AvgIpc) is 2.34. The van der Waals surface area contributed by atoms with E-state index >= 15 is 0 Å². The maximum Gasteiger partial charge on any atom is 0.311 e. The van der Waals surface area contributed by atoms with Crippen molar-refractivity contribution in [3.05, 3.63) is 17.0 Å². The molecule has 0 saturated heterocycles. The summed E-state index contributed by atoms with van der Waals surface area (Å²) in [5, 5.41) is 11.5. The molecule has 0 bridgehead atoms. The van der Waals surface area contributed by atoms with Gasteiger partial charge in [-0.25, -0.2) is 0 Å². The standard InChI is InChI=1S/C6H4ClNO4/c7-5-2-4(12-8-5)3(9)1-6(10)11/h2H,1H2,(H,10,11). The van der Waals surface area contributed by atoms with Crippen LogP contribution in [0.2, 0.25) is 5.15 Å². The number of hydrogen-bond acceptors (Lipinski definition) is 4. The Kier molecular flexibility index (Phi) is 2.44. The number of Topliss-reactive ketones (excluding diaryl/α,β-unsaturated/α-hetero) is 1. The zero-order chi connectivity index (χ0) is 9.14. The van der Waals surface area contributed by atoms with Gasteiger partial charge in [0.05, 0.1) is 0 Å². The Hall–Kier alpha value is -1.36. The predicted octanol–water partition coefficient (Wildman–Crippen LogP) is 0.985. The van der Waals surface area contributed by atoms with Crippen LogP contribution in [-0.4, -0.2) is 22.0 Å². The second kappa shape index (κ2) is 3.36. The fourth-order valence-electron chi connectivity index (χ4n) is 0.610. The lowest BCUT2D eigenvalue weighted by Crippen LogP contribution is -2.05. The Morgan fingerprint density at radius 1 is 1.67 bits per heavy atom. The third-order valence-corrected chi connectivity index (χ3v) is 1.25. The molecule has 0 atom stereocenters. The van der Waals surface area contributed by atoms with Crippen molar-refractivity contribution >= 4 is 23.4 Å². The molecule has 1 aromatic rings. The fraction of sp³-hybridized carbons (Fsp3) is 0.167. The first-order valence-corrected chi connectivity index (χ1v) is 3.34. The number of aromatic nitrogens is 1. The van der Waals surface area contributed by atoms with Crippen LogP contribution in [0.15, 0.2) is 10.6 Å². The van der Waals surface area contributed by atoms with E-state index in [4.69, 9.17) is 16.7 Å². The largest absolute Gasteiger partial charge is 0.481 e. The lowest BCUT2D eigenvalue weighted by molar-refractivity contribution is -0.135. The van der Waals surface area contributed by atoms with E-state index in [1.807, 2.05) is 0 Å². The zero-order valence-corrected chi connectivity index (χ0v) is 6.54. The molecule has 5 nitrogen and oxygen atoms in total. The van der Waals surface area contributed by atoms with Gasteiger partial charge in [-0.1, -0.05) is 16.8 Å². The first kappa shape index (κ1) is 8.73. The van der Waals surface area contributed by atoms with Gasteiger partial charge in [-0.3, -0.25) is 9.59 Å². The number of hydrogen-bond donors (Lipinski definition) is 1. The lowest BCUT2D eigenvalue weighted by Gasteiger charge is -1.87. The van der Waals surface area contributed by atoms with Crippen LogP contribution in [0.1, 0.15) is 17.0 Å². The van der Waals surface area contributed by atoms with E-state index < -0.39 is 18.2 Å². The smallest absolute Gasteiger partial charge is 0.311 e. The van der Waals surface area contributed by atoms with E-state index in [1.54, 1.807) is 0 Å². The monoisotopic (exact) mass is 189 g/mol. The lowest BCUT2D eigenvalue weighted by atomic mass is 10.2. The molecule has 0 radical (unpaired) electrons. The van der Waals surface area contributed by atoms with Gasteiger partial charge in [0, 0.05) is 6.07 Å². The van der Waals surface area contributed by atoms with Crippen LogP contribution in [0.25, 0.3) is 0 Å². The maximum atomic E-state index is 10.9. The summed E-state index contributed by atoms with van der Waals surface area (Å²) >= 11 is 5.34. The molecular weight excluding hydrogens is 186 g/mol. The molecule has 1 N–H and O–H groups in total. The highest BCUT2D eigenvalue weighted by Crippen LogP contribution is 2.10. The van der Waals surface area contributed by atoms with E-state index in [9.17, 15) is 9.59 Å². The average molecular weight is 190 g/mol. The Morgan fingerprint density at radius 2 is 2.33 bits per heavy atom. The molecular formula is C6H4ClNO4. The summed E-state index contributed by atoms with van der Waals surface area (Å²) in [6.07, 6.45) is -0.620. The predicted molar refractivity (Wildman–Crippen MR) is 38.1 cm³/mol. The molecule has 1 heterocycles. The van der Waals surface area contributed by atoms with Crippen molar-refractivity contribution in [2.24, 2.45) is 0 Å². The highest BCUT2D eigenvalue weighted by molar-refractivity contribution is 6.29. The molecule has 0 amide bonds. The van der Waals surface area contributed by atoms with Crippen molar-refractivity contribution in [3.8, 4) is 0 Å². The molecule has 0 spiro atoms. The normalized spacial score (nSPS) is 9.75. The summed E-state index contributed by atoms with van der Waals surface area (Å²) < 4.78 is 4.43. The van der Waals surface area contributed by atoms with Gasteiger partial charge in [0.2, 0.25) is 11.5 Å². The van der Waals surface area contributed by atoms with Gasteiger partial charge in [0.15, 0.2) is 5.15 Å². The van der Waals surface area contributed by atoms with Gasteiger partial charge in [-0.05, 0) is 0 Å². The number of aliphatic carboxylic acids is 1. The van der Waals surface area contributed by atoms with Gasteiger partial charge in [0.25, 0.3) is 0 Å². The maximum absolute atomic E-state index is 10.9. The third-order valence-electron chi connectivity index (χ3n) is 1.07. The van der Waals surface area contributed by atoms with Gasteiger partial charge in [-0.2, -0.15) is 0 Å². The van der Waals surface area contributed by atoms with Crippen molar-refractivity contribution < 1.29 is 19.2 Å². The van der Waals surface area contributed by atoms with Crippen LogP contribution < -0.4 is 0 Å². The molecule has 0 unspecified atom stereocenters. The molecule has 6 heteroatoms. The van der Waals surface area contributed by atoms with E-state index in [0.29, 0.717) is 0 Å². The first-order valence-electron chi connectivity index (χ1n) is 2.97. The molecule has 0 aliphatic heterocycles. The number of carboxylic acid groups (broad SMARTS) is 1. The Morgan fingerprint density at radius 3 is 2.75 bits per heavy atom. The number of carbonyl (C=O) groups excluding carboxylic acids is 1. The van der Waals surface area contributed by atoms with E-state index in [0.717, 1.165) is 0 Å². The SMILES string of the molecule is O=C(O)CC(=O)c1cc(Cl)no1. The van der Waals surface area contributed by atoms with Crippen LogP contribution in [-0.2, 0) is 4.79 Å². The zero-order valence-electron chi connectivity index (χ0n) is 5.78. The van der Waals surface area contributed by atoms with Crippen LogP contribution in [0.4, 0.5) is 0 Å². The second-order valence-electron chi connectivity index (χ2n) is 2.01. The number of nitrogens with zero attached hydrogens (tertiary/aromatic N) is 1. The second-order valence-corrected chi connectivity index (χ2v) is 2.39. The molecule has 64 valence electrons. The van der Waals surface area contributed by atoms with Crippen LogP contribution in [0, 0.1) is 0 Å². The molecule has 0 saturated carbocycles. The van der Waals surface area contributed by atoms with Crippen LogP contribution >= 0.6 is 11.6 Å². The van der Waals surface area contributed by atoms with Gasteiger partial charge in [-0.15, -0.1) is 0 Å². The van der Waals surface area contributed by atoms with E-state index in [-0.39, 0.29) is 10.9 Å². The number of ketones is 1. The molecule has 0 fully saturated rings. The Balaban J connectivity index is 2.72. The number of halogens is 1. The highest BCUT2D eigenvalue weighted by Gasteiger charge is 2.15. The summed E-state index contributed by atoms with van der Waals surface area (Å²) in [5.41, 5.74) is 0. The van der Waals surface area contributed by atoms with Crippen LogP contribution in [0.3, 0.4) is 0 Å². The van der Waals surface area contributed by atoms with Crippen molar-refractivity contribution in [3.63, 3.8) is 0 Å². The minimum atomic E-state index is -1.22. The summed E-state index contributed by atoms with van der Waals surface area (Å²) in [4.78, 5) is 21.0. The summed E-state index contributed by atoms with van der Waals surface area (Å²) in [6.45, 7) is 0.